The van der Waals surface area contributed by atoms with Gasteiger partial charge in [-0.1, -0.05) is 0 Å². The second-order valence-corrected chi connectivity index (χ2v) is 9.82. The fourth-order valence-electron chi connectivity index (χ4n) is 5.17. The van der Waals surface area contributed by atoms with Crippen LogP contribution in [0.15, 0.2) is 21.2 Å². The minimum Gasteiger partial charge on any atom is -0.760 e. The average Bonchev–Trinajstić information content (AvgIpc) is 3.44. The number of hydrogen-bond acceptors (Lipinski definition) is 7. The van der Waals surface area contributed by atoms with Gasteiger partial charge in [0.25, 0.3) is 0 Å². The topological polar surface area (TPSA) is 108 Å². The van der Waals surface area contributed by atoms with E-state index in [0.717, 1.165) is 54.3 Å². The summed E-state index contributed by atoms with van der Waals surface area (Å²) in [6.45, 7) is 1.51. The third-order valence-corrected chi connectivity index (χ3v) is 8.19. The highest BCUT2D eigenvalue weighted by molar-refractivity contribution is 9.10. The second kappa shape index (κ2) is 7.63. The molecule has 2 aromatic heterocycles. The molecule has 2 aliphatic heterocycles. The molecule has 3 fully saturated rings. The highest BCUT2D eigenvalue weighted by Crippen LogP contribution is 2.38. The van der Waals surface area contributed by atoms with Crippen molar-refractivity contribution >= 4 is 44.0 Å². The van der Waals surface area contributed by atoms with Crippen molar-refractivity contribution in [2.45, 2.75) is 56.3 Å². The first kappa shape index (κ1) is 19.5. The number of nitrogens with one attached hydrogen (secondary N) is 1. The molecule has 4 heterocycles. The van der Waals surface area contributed by atoms with E-state index >= 15 is 0 Å². The van der Waals surface area contributed by atoms with Crippen molar-refractivity contribution in [3.8, 4) is 6.07 Å². The Bertz CT molecular complexity index is 1000. The van der Waals surface area contributed by atoms with E-state index in [9.17, 15) is 8.76 Å². The van der Waals surface area contributed by atoms with Crippen molar-refractivity contribution in [2.75, 3.05) is 18.4 Å². The van der Waals surface area contributed by atoms with Gasteiger partial charge < -0.3 is 14.3 Å². The van der Waals surface area contributed by atoms with Gasteiger partial charge in [-0.05, 0) is 48.0 Å². The fourth-order valence-corrected chi connectivity index (χ4v) is 6.39. The molecule has 0 amide bonds. The zero-order valence-electron chi connectivity index (χ0n) is 15.7. The minimum atomic E-state index is -2.09. The third-order valence-electron chi connectivity index (χ3n) is 6.56. The van der Waals surface area contributed by atoms with E-state index in [4.69, 9.17) is 9.68 Å². The Hall–Kier alpha value is -1.51. The SMILES string of the molecule is N#Cc1cc2c(Br)c(NC3CCC(N4C[C@@H]5C[C@H]4CN5S(=O)[O-])CC3)ncc2o1. The fraction of sp³-hybridized carbons (Fsp3) is 0.579. The van der Waals surface area contributed by atoms with Crippen molar-refractivity contribution in [3.63, 3.8) is 0 Å². The van der Waals surface area contributed by atoms with Gasteiger partial charge in [-0.25, -0.2) is 9.29 Å². The van der Waals surface area contributed by atoms with Crippen LogP contribution in [0.4, 0.5) is 5.82 Å². The van der Waals surface area contributed by atoms with Gasteiger partial charge in [0.1, 0.15) is 11.9 Å². The van der Waals surface area contributed by atoms with Crippen LogP contribution in [0.5, 0.6) is 0 Å². The molecule has 2 bridgehead atoms. The molecule has 1 aliphatic carbocycles. The summed E-state index contributed by atoms with van der Waals surface area (Å²) in [6.07, 6.45) is 6.94. The lowest BCUT2D eigenvalue weighted by Gasteiger charge is -2.42. The maximum absolute atomic E-state index is 11.3. The minimum absolute atomic E-state index is 0.161. The average molecular weight is 479 g/mol. The first-order valence-corrected chi connectivity index (χ1v) is 11.7. The lowest BCUT2D eigenvalue weighted by molar-refractivity contribution is 0.100. The van der Waals surface area contributed by atoms with E-state index in [-0.39, 0.29) is 11.8 Å². The Morgan fingerprint density at radius 2 is 2.07 bits per heavy atom. The summed E-state index contributed by atoms with van der Waals surface area (Å²) < 4.78 is 30.4. The summed E-state index contributed by atoms with van der Waals surface area (Å²) in [5.74, 6) is 1.06. The molecule has 0 aromatic carbocycles. The van der Waals surface area contributed by atoms with Crippen LogP contribution in [0.25, 0.3) is 11.0 Å². The lowest BCUT2D eigenvalue weighted by atomic mass is 9.89. The Morgan fingerprint density at radius 3 is 2.72 bits per heavy atom. The predicted octanol–water partition coefficient (Wildman–Crippen LogP) is 2.74. The summed E-state index contributed by atoms with van der Waals surface area (Å²) in [7, 11) is 0. The predicted molar refractivity (Wildman–Crippen MR) is 111 cm³/mol. The number of anilines is 1. The summed E-state index contributed by atoms with van der Waals surface area (Å²) in [5.41, 5.74) is 0.597. The van der Waals surface area contributed by atoms with Gasteiger partial charge in [-0.2, -0.15) is 5.26 Å². The Kier molecular flexibility index (Phi) is 5.12. The first-order valence-electron chi connectivity index (χ1n) is 9.90. The zero-order valence-corrected chi connectivity index (χ0v) is 18.1. The molecule has 154 valence electrons. The first-order chi connectivity index (χ1) is 14.0. The van der Waals surface area contributed by atoms with Crippen LogP contribution in [-0.4, -0.2) is 60.2 Å². The van der Waals surface area contributed by atoms with Crippen molar-refractivity contribution in [1.29, 1.82) is 5.26 Å². The van der Waals surface area contributed by atoms with Gasteiger partial charge >= 0.3 is 0 Å². The number of likely N-dealkylation sites (tertiary alicyclic amines) is 1. The van der Waals surface area contributed by atoms with E-state index in [2.05, 4.69) is 31.1 Å². The van der Waals surface area contributed by atoms with E-state index < -0.39 is 11.3 Å². The molecule has 10 heteroatoms. The van der Waals surface area contributed by atoms with Gasteiger partial charge in [0.05, 0.1) is 10.7 Å². The molecule has 29 heavy (non-hydrogen) atoms. The van der Waals surface area contributed by atoms with Crippen LogP contribution >= 0.6 is 15.9 Å². The molecule has 1 unspecified atom stereocenters. The van der Waals surface area contributed by atoms with Crippen molar-refractivity contribution in [1.82, 2.24) is 14.2 Å². The molecule has 0 radical (unpaired) electrons. The van der Waals surface area contributed by atoms with Crippen molar-refractivity contribution in [2.24, 2.45) is 0 Å². The summed E-state index contributed by atoms with van der Waals surface area (Å²) in [5, 5.41) is 13.4. The molecular weight excluding hydrogens is 458 g/mol. The van der Waals surface area contributed by atoms with Gasteiger partial charge in [0.2, 0.25) is 5.76 Å². The molecule has 2 saturated heterocycles. The number of aromatic nitrogens is 1. The molecule has 8 nitrogen and oxygen atoms in total. The van der Waals surface area contributed by atoms with Gasteiger partial charge in [0.15, 0.2) is 5.58 Å². The number of rotatable bonds is 4. The van der Waals surface area contributed by atoms with Crippen molar-refractivity contribution < 1.29 is 13.2 Å². The molecular formula is C19H21BrN5O3S-. The molecule has 0 spiro atoms. The van der Waals surface area contributed by atoms with E-state index in [1.54, 1.807) is 16.6 Å². The molecule has 1 N–H and O–H groups in total. The van der Waals surface area contributed by atoms with Crippen LogP contribution < -0.4 is 5.32 Å². The monoisotopic (exact) mass is 478 g/mol. The number of fused-ring (bicyclic) bond motifs is 3. The number of piperazine rings is 1. The summed E-state index contributed by atoms with van der Waals surface area (Å²) in [6, 6.07) is 5.17. The molecule has 2 aromatic rings. The number of halogens is 1. The number of nitrogens with zero attached hydrogens (tertiary/aromatic N) is 4. The number of pyridine rings is 1. The zero-order chi connectivity index (χ0) is 20.1. The quantitative estimate of drug-likeness (QED) is 0.672. The highest BCUT2D eigenvalue weighted by Gasteiger charge is 2.46. The molecule has 5 rings (SSSR count). The molecule has 3 aliphatic rings. The molecule has 1 saturated carbocycles. The largest absolute Gasteiger partial charge is 0.760 e. The smallest absolute Gasteiger partial charge is 0.204 e. The van der Waals surface area contributed by atoms with E-state index in [0.29, 0.717) is 30.3 Å². The van der Waals surface area contributed by atoms with Crippen LogP contribution in [-0.2, 0) is 11.3 Å². The third kappa shape index (κ3) is 3.49. The Labute approximate surface area is 179 Å². The highest BCUT2D eigenvalue weighted by atomic mass is 79.9. The number of nitriles is 1. The van der Waals surface area contributed by atoms with Crippen molar-refractivity contribution in [3.05, 3.63) is 22.5 Å². The number of furan rings is 1. The van der Waals surface area contributed by atoms with Crippen LogP contribution in [0, 0.1) is 11.3 Å². The van der Waals surface area contributed by atoms with Crippen LogP contribution in [0.1, 0.15) is 37.9 Å². The Balaban J connectivity index is 1.20. The maximum Gasteiger partial charge on any atom is 0.204 e. The van der Waals surface area contributed by atoms with Crippen LogP contribution in [0.3, 0.4) is 0 Å². The maximum atomic E-state index is 11.3. The van der Waals surface area contributed by atoms with E-state index in [1.165, 1.54) is 0 Å². The standard InChI is InChI=1S/C19H22BrN5O3S/c20-18-16-6-15(7-21)28-17(16)8-22-19(18)23-11-1-3-12(4-2-11)24-9-14-5-13(24)10-25(14)29(26)27/h6,8,11-14H,1-5,9-10H2,(H,22,23)(H,26,27)/p-1/t11?,12?,13-,14-/m0/s1. The van der Waals surface area contributed by atoms with Gasteiger partial charge in [-0.3, -0.25) is 9.11 Å². The van der Waals surface area contributed by atoms with Crippen LogP contribution in [0.2, 0.25) is 0 Å². The summed E-state index contributed by atoms with van der Waals surface area (Å²) in [4.78, 5) is 7.01. The Morgan fingerprint density at radius 1 is 1.28 bits per heavy atom. The molecule has 3 atom stereocenters. The lowest BCUT2D eigenvalue weighted by Crippen LogP contribution is -2.52. The number of hydrogen-bond donors (Lipinski definition) is 1. The van der Waals surface area contributed by atoms with E-state index in [1.807, 2.05) is 6.07 Å². The summed E-state index contributed by atoms with van der Waals surface area (Å²) >= 11 is 1.51. The van der Waals surface area contributed by atoms with Gasteiger partial charge in [-0.15, -0.1) is 0 Å². The van der Waals surface area contributed by atoms with Gasteiger partial charge in [0, 0.05) is 60.0 Å². The normalized spacial score (nSPS) is 31.2. The second-order valence-electron chi connectivity index (χ2n) is 8.13.